The van der Waals surface area contributed by atoms with Crippen LogP contribution in [0.2, 0.25) is 5.02 Å². The van der Waals surface area contributed by atoms with Crippen LogP contribution in [-0.2, 0) is 6.42 Å². The number of nitrogens with zero attached hydrogens (tertiary/aromatic N) is 1. The molecule has 2 aromatic rings. The first-order valence-electron chi connectivity index (χ1n) is 9.16. The van der Waals surface area contributed by atoms with E-state index in [9.17, 15) is 4.79 Å². The third-order valence-corrected chi connectivity index (χ3v) is 4.08. The Balaban J connectivity index is 1.95. The molecule has 5 nitrogen and oxygen atoms in total. The number of aryl methyl sites for hydroxylation is 1. The first kappa shape index (κ1) is 20.8. The summed E-state index contributed by atoms with van der Waals surface area (Å²) in [5.41, 5.74) is 2.11. The Morgan fingerprint density at radius 2 is 2.11 bits per heavy atom. The number of hydrogen-bond donors (Lipinski definition) is 2. The summed E-state index contributed by atoms with van der Waals surface area (Å²) in [6, 6.07) is 9.24. The number of hydrogen-bond acceptors (Lipinski definition) is 3. The maximum Gasteiger partial charge on any atom is 0.315 e. The molecule has 2 rings (SSSR count). The number of benzene rings is 1. The molecule has 27 heavy (non-hydrogen) atoms. The molecule has 0 saturated heterocycles. The van der Waals surface area contributed by atoms with Crippen LogP contribution in [0.1, 0.15) is 38.3 Å². The Morgan fingerprint density at radius 1 is 1.30 bits per heavy atom. The first-order valence-corrected chi connectivity index (χ1v) is 9.54. The highest BCUT2D eigenvalue weighted by Gasteiger charge is 2.06. The normalized spacial score (nSPS) is 12.0. The van der Waals surface area contributed by atoms with Gasteiger partial charge in [-0.2, -0.15) is 0 Å². The fourth-order valence-electron chi connectivity index (χ4n) is 2.46. The van der Waals surface area contributed by atoms with Crippen LogP contribution in [0.25, 0.3) is 6.08 Å². The number of carbonyl (C=O) groups is 1. The van der Waals surface area contributed by atoms with E-state index in [1.807, 2.05) is 50.3 Å². The summed E-state index contributed by atoms with van der Waals surface area (Å²) >= 11 is 6.29. The van der Waals surface area contributed by atoms with E-state index in [0.29, 0.717) is 23.2 Å². The predicted octanol–water partition coefficient (Wildman–Crippen LogP) is 5.20. The smallest absolute Gasteiger partial charge is 0.315 e. The van der Waals surface area contributed by atoms with Crippen molar-refractivity contribution in [1.29, 1.82) is 0 Å². The Kier molecular flexibility index (Phi) is 8.14. The summed E-state index contributed by atoms with van der Waals surface area (Å²) in [7, 11) is 0. The van der Waals surface area contributed by atoms with Crippen LogP contribution in [0.5, 0.6) is 11.6 Å². The van der Waals surface area contributed by atoms with Gasteiger partial charge in [0.15, 0.2) is 0 Å². The van der Waals surface area contributed by atoms with Gasteiger partial charge in [-0.25, -0.2) is 9.78 Å². The highest BCUT2D eigenvalue weighted by molar-refractivity contribution is 6.32. The minimum absolute atomic E-state index is 0.0899. The zero-order valence-electron chi connectivity index (χ0n) is 16.0. The zero-order valence-corrected chi connectivity index (χ0v) is 16.7. The lowest BCUT2D eigenvalue weighted by Crippen LogP contribution is -2.39. The third-order valence-electron chi connectivity index (χ3n) is 3.78. The molecular formula is C21H26ClN3O2. The molecule has 1 heterocycles. The van der Waals surface area contributed by atoms with Crippen molar-refractivity contribution in [1.82, 2.24) is 15.6 Å². The molecular weight excluding hydrogens is 362 g/mol. The van der Waals surface area contributed by atoms with E-state index in [4.69, 9.17) is 16.3 Å². The van der Waals surface area contributed by atoms with E-state index in [2.05, 4.69) is 22.5 Å². The van der Waals surface area contributed by atoms with Crippen LogP contribution < -0.4 is 15.4 Å². The maximum absolute atomic E-state index is 11.5. The molecule has 0 aliphatic heterocycles. The van der Waals surface area contributed by atoms with E-state index in [1.54, 1.807) is 12.3 Å². The second-order valence-corrected chi connectivity index (χ2v) is 6.61. The number of amides is 2. The van der Waals surface area contributed by atoms with E-state index in [0.717, 1.165) is 18.4 Å². The van der Waals surface area contributed by atoms with Crippen molar-refractivity contribution in [3.8, 4) is 11.6 Å². The van der Waals surface area contributed by atoms with Crippen LogP contribution in [0.4, 0.5) is 4.79 Å². The largest absolute Gasteiger partial charge is 0.437 e. The minimum Gasteiger partial charge on any atom is -0.437 e. The summed E-state index contributed by atoms with van der Waals surface area (Å²) in [4.78, 5) is 15.8. The van der Waals surface area contributed by atoms with Crippen LogP contribution in [-0.4, -0.2) is 23.6 Å². The molecule has 0 saturated carbocycles. The van der Waals surface area contributed by atoms with Crippen LogP contribution in [0.15, 0.2) is 42.6 Å². The van der Waals surface area contributed by atoms with E-state index >= 15 is 0 Å². The van der Waals surface area contributed by atoms with Crippen molar-refractivity contribution in [2.75, 3.05) is 6.54 Å². The molecule has 0 fully saturated rings. The van der Waals surface area contributed by atoms with Gasteiger partial charge in [0.2, 0.25) is 5.88 Å². The lowest BCUT2D eigenvalue weighted by molar-refractivity contribution is 0.240. The summed E-state index contributed by atoms with van der Waals surface area (Å²) < 4.78 is 5.77. The molecule has 1 atom stereocenters. The second-order valence-electron chi connectivity index (χ2n) is 6.20. The maximum atomic E-state index is 11.5. The molecule has 0 aliphatic rings. The van der Waals surface area contributed by atoms with Crippen LogP contribution in [0.3, 0.4) is 0 Å². The third kappa shape index (κ3) is 6.94. The fourth-order valence-corrected chi connectivity index (χ4v) is 2.70. The number of pyridine rings is 1. The van der Waals surface area contributed by atoms with Crippen molar-refractivity contribution >= 4 is 23.7 Å². The van der Waals surface area contributed by atoms with E-state index in [-0.39, 0.29) is 12.1 Å². The lowest BCUT2D eigenvalue weighted by Gasteiger charge is -2.10. The Morgan fingerprint density at radius 3 is 2.74 bits per heavy atom. The monoisotopic (exact) mass is 387 g/mol. The summed E-state index contributed by atoms with van der Waals surface area (Å²) in [5.74, 6) is 1.07. The Labute approximate surface area is 165 Å². The molecule has 1 aromatic heterocycles. The standard InChI is InChI=1S/C21H26ClN3O2/c1-4-6-16-9-11-19(18(22)13-16)27-20-12-10-17(14-24-20)8-7-15(3)25-21(26)23-5-2/h7-15H,4-6H2,1-3H3,(H2,23,25,26)/t15-/m0/s1. The number of urea groups is 1. The van der Waals surface area contributed by atoms with Gasteiger partial charge in [0.25, 0.3) is 0 Å². The molecule has 0 unspecified atom stereocenters. The number of ether oxygens (including phenoxy) is 1. The van der Waals surface area contributed by atoms with Crippen molar-refractivity contribution < 1.29 is 9.53 Å². The van der Waals surface area contributed by atoms with Gasteiger partial charge in [0, 0.05) is 24.8 Å². The summed E-state index contributed by atoms with van der Waals surface area (Å²) in [6.07, 6.45) is 7.58. The molecule has 1 aromatic carbocycles. The van der Waals surface area contributed by atoms with Crippen LogP contribution >= 0.6 is 11.6 Å². The fraction of sp³-hybridized carbons (Fsp3) is 0.333. The molecule has 144 valence electrons. The molecule has 2 amide bonds. The SMILES string of the molecule is CCCc1ccc(Oc2ccc(C=C[C@H](C)NC(=O)NCC)cn2)c(Cl)c1. The number of nitrogens with one attached hydrogen (secondary N) is 2. The molecule has 0 spiro atoms. The van der Waals surface area contributed by atoms with Gasteiger partial charge in [-0.05, 0) is 49.6 Å². The van der Waals surface area contributed by atoms with E-state index < -0.39 is 0 Å². The topological polar surface area (TPSA) is 63.2 Å². The van der Waals surface area contributed by atoms with Gasteiger partial charge in [-0.15, -0.1) is 0 Å². The first-order chi connectivity index (χ1) is 13.0. The molecule has 6 heteroatoms. The second kappa shape index (κ2) is 10.6. The Hall–Kier alpha value is -2.53. The van der Waals surface area contributed by atoms with Crippen molar-refractivity contribution in [3.63, 3.8) is 0 Å². The number of carbonyl (C=O) groups excluding carboxylic acids is 1. The molecule has 0 aliphatic carbocycles. The highest BCUT2D eigenvalue weighted by atomic mass is 35.5. The van der Waals surface area contributed by atoms with Crippen molar-refractivity contribution in [2.45, 2.75) is 39.7 Å². The van der Waals surface area contributed by atoms with Crippen molar-refractivity contribution in [3.05, 3.63) is 58.8 Å². The summed E-state index contributed by atoms with van der Waals surface area (Å²) in [6.45, 7) is 6.51. The van der Waals surface area contributed by atoms with Gasteiger partial charge in [-0.3, -0.25) is 0 Å². The lowest BCUT2D eigenvalue weighted by atomic mass is 10.1. The zero-order chi connectivity index (χ0) is 19.6. The Bertz CT molecular complexity index is 775. The average Bonchev–Trinajstić information content (AvgIpc) is 2.64. The van der Waals surface area contributed by atoms with Crippen LogP contribution in [0, 0.1) is 0 Å². The molecule has 0 radical (unpaired) electrons. The number of rotatable bonds is 8. The quantitative estimate of drug-likeness (QED) is 0.654. The summed E-state index contributed by atoms with van der Waals surface area (Å²) in [5, 5.41) is 6.10. The van der Waals surface area contributed by atoms with Crippen molar-refractivity contribution in [2.24, 2.45) is 0 Å². The number of halogens is 1. The number of aromatic nitrogens is 1. The van der Waals surface area contributed by atoms with E-state index in [1.165, 1.54) is 5.56 Å². The molecule has 0 bridgehead atoms. The predicted molar refractivity (Wildman–Crippen MR) is 110 cm³/mol. The van der Waals surface area contributed by atoms with Gasteiger partial charge in [0.05, 0.1) is 5.02 Å². The highest BCUT2D eigenvalue weighted by Crippen LogP contribution is 2.29. The average molecular weight is 388 g/mol. The van der Waals surface area contributed by atoms with Gasteiger partial charge in [0.1, 0.15) is 5.75 Å². The van der Waals surface area contributed by atoms with Gasteiger partial charge < -0.3 is 15.4 Å². The molecule has 2 N–H and O–H groups in total. The minimum atomic E-state index is -0.182. The van der Waals surface area contributed by atoms with Gasteiger partial charge >= 0.3 is 6.03 Å². The van der Waals surface area contributed by atoms with Gasteiger partial charge in [-0.1, -0.05) is 43.2 Å².